The lowest BCUT2D eigenvalue weighted by atomic mass is 10.1. The number of piperazine rings is 1. The third-order valence-electron chi connectivity index (χ3n) is 5.33. The lowest BCUT2D eigenvalue weighted by Crippen LogP contribution is -2.52. The Labute approximate surface area is 161 Å². The van der Waals surface area contributed by atoms with Gasteiger partial charge in [-0.3, -0.25) is 4.79 Å². The number of nitrogens with zero attached hydrogens (tertiary/aromatic N) is 3. The molecule has 0 bridgehead atoms. The molecule has 0 atom stereocenters. The molecule has 2 heterocycles. The first-order chi connectivity index (χ1) is 13.2. The van der Waals surface area contributed by atoms with Crippen molar-refractivity contribution < 1.29 is 14.3 Å². The number of carbonyl (C=O) groups excluding carboxylic acids is 2. The van der Waals surface area contributed by atoms with Crippen LogP contribution in [0.5, 0.6) is 5.75 Å². The smallest absolute Gasteiger partial charge is 0.317 e. The third-order valence-corrected chi connectivity index (χ3v) is 5.33. The number of piperidine rings is 1. The maximum atomic E-state index is 12.3. The van der Waals surface area contributed by atoms with Gasteiger partial charge in [-0.1, -0.05) is 0 Å². The fraction of sp³-hybridized carbons (Fsp3) is 0.600. The Kier molecular flexibility index (Phi) is 6.79. The summed E-state index contributed by atoms with van der Waals surface area (Å²) in [6, 6.07) is 7.92. The number of methoxy groups -OCH3 is 1. The number of urea groups is 1. The summed E-state index contributed by atoms with van der Waals surface area (Å²) < 4.78 is 5.19. The van der Waals surface area contributed by atoms with Gasteiger partial charge in [-0.2, -0.15) is 0 Å². The Morgan fingerprint density at radius 3 is 2.22 bits per heavy atom. The Balaban J connectivity index is 1.37. The van der Waals surface area contributed by atoms with E-state index in [4.69, 9.17) is 4.74 Å². The van der Waals surface area contributed by atoms with Crippen molar-refractivity contribution in [1.29, 1.82) is 0 Å². The summed E-state index contributed by atoms with van der Waals surface area (Å²) >= 11 is 0. The molecule has 0 aliphatic carbocycles. The zero-order chi connectivity index (χ0) is 19.1. The molecule has 0 radical (unpaired) electrons. The Bertz CT molecular complexity index is 621. The number of hydrogen-bond donors (Lipinski definition) is 1. The highest BCUT2D eigenvalue weighted by molar-refractivity contribution is 5.78. The molecule has 1 aromatic rings. The first-order valence-electron chi connectivity index (χ1n) is 9.87. The van der Waals surface area contributed by atoms with E-state index < -0.39 is 0 Å². The van der Waals surface area contributed by atoms with Gasteiger partial charge in [0.25, 0.3) is 0 Å². The minimum absolute atomic E-state index is 0.0733. The van der Waals surface area contributed by atoms with Gasteiger partial charge in [0.2, 0.25) is 5.91 Å². The van der Waals surface area contributed by atoms with Crippen LogP contribution in [-0.2, 0) is 4.79 Å². The van der Waals surface area contributed by atoms with Crippen LogP contribution < -0.4 is 15.0 Å². The predicted octanol–water partition coefficient (Wildman–Crippen LogP) is 1.93. The zero-order valence-corrected chi connectivity index (χ0v) is 16.2. The van der Waals surface area contributed by atoms with Gasteiger partial charge in [-0.25, -0.2) is 4.79 Å². The highest BCUT2D eigenvalue weighted by Gasteiger charge is 2.22. The second-order valence-corrected chi connectivity index (χ2v) is 7.10. The lowest BCUT2D eigenvalue weighted by molar-refractivity contribution is -0.131. The van der Waals surface area contributed by atoms with Gasteiger partial charge >= 0.3 is 6.03 Å². The van der Waals surface area contributed by atoms with Crippen LogP contribution >= 0.6 is 0 Å². The van der Waals surface area contributed by atoms with E-state index in [2.05, 4.69) is 10.2 Å². The Morgan fingerprint density at radius 1 is 0.926 bits per heavy atom. The molecule has 3 rings (SSSR count). The van der Waals surface area contributed by atoms with Crippen molar-refractivity contribution in [2.45, 2.75) is 25.7 Å². The standard InChI is InChI=1S/C20H30N4O3/c1-27-18-7-5-17(6-8-18)22-13-15-24(16-14-22)20(26)21-10-9-19(25)23-11-3-2-4-12-23/h5-8H,2-4,9-16H2,1H3,(H,21,26). The van der Waals surface area contributed by atoms with E-state index in [0.29, 0.717) is 26.1 Å². The maximum absolute atomic E-state index is 12.3. The highest BCUT2D eigenvalue weighted by atomic mass is 16.5. The molecular weight excluding hydrogens is 344 g/mol. The summed E-state index contributed by atoms with van der Waals surface area (Å²) in [7, 11) is 1.66. The van der Waals surface area contributed by atoms with Gasteiger partial charge in [0.1, 0.15) is 5.75 Å². The molecule has 1 aromatic carbocycles. The summed E-state index contributed by atoms with van der Waals surface area (Å²) in [5.74, 6) is 0.996. The predicted molar refractivity (Wildman–Crippen MR) is 105 cm³/mol. The van der Waals surface area contributed by atoms with E-state index in [9.17, 15) is 9.59 Å². The molecule has 27 heavy (non-hydrogen) atoms. The summed E-state index contributed by atoms with van der Waals surface area (Å²) in [5, 5.41) is 2.90. The van der Waals surface area contributed by atoms with Gasteiger partial charge in [0.05, 0.1) is 7.11 Å². The molecule has 7 heteroatoms. The monoisotopic (exact) mass is 374 g/mol. The summed E-state index contributed by atoms with van der Waals surface area (Å²) in [6.07, 6.45) is 3.79. The first-order valence-corrected chi connectivity index (χ1v) is 9.87. The molecule has 2 saturated heterocycles. The Morgan fingerprint density at radius 2 is 1.59 bits per heavy atom. The number of amides is 3. The molecule has 3 amide bonds. The summed E-state index contributed by atoms with van der Waals surface area (Å²) in [6.45, 7) is 5.09. The highest BCUT2D eigenvalue weighted by Crippen LogP contribution is 2.20. The number of rotatable bonds is 5. The molecule has 0 unspecified atom stereocenters. The van der Waals surface area contributed by atoms with E-state index in [1.807, 2.05) is 34.1 Å². The van der Waals surface area contributed by atoms with Crippen molar-refractivity contribution in [3.63, 3.8) is 0 Å². The van der Waals surface area contributed by atoms with E-state index in [0.717, 1.165) is 50.5 Å². The van der Waals surface area contributed by atoms with Crippen LogP contribution in [0.3, 0.4) is 0 Å². The Hall–Kier alpha value is -2.44. The fourth-order valence-corrected chi connectivity index (χ4v) is 3.65. The third kappa shape index (κ3) is 5.28. The number of benzene rings is 1. The van der Waals surface area contributed by atoms with Crippen LogP contribution in [0.2, 0.25) is 0 Å². The average molecular weight is 374 g/mol. The molecule has 2 aliphatic rings. The average Bonchev–Trinajstić information content (AvgIpc) is 2.74. The van der Waals surface area contributed by atoms with E-state index >= 15 is 0 Å². The van der Waals surface area contributed by atoms with Crippen LogP contribution in [0.1, 0.15) is 25.7 Å². The zero-order valence-electron chi connectivity index (χ0n) is 16.2. The molecule has 0 saturated carbocycles. The summed E-state index contributed by atoms with van der Waals surface area (Å²) in [4.78, 5) is 30.5. The van der Waals surface area contributed by atoms with Crippen LogP contribution in [-0.4, -0.2) is 74.7 Å². The van der Waals surface area contributed by atoms with E-state index in [1.165, 1.54) is 6.42 Å². The van der Waals surface area contributed by atoms with E-state index in [1.54, 1.807) is 7.11 Å². The van der Waals surface area contributed by atoms with Gasteiger partial charge in [0, 0.05) is 57.9 Å². The quantitative estimate of drug-likeness (QED) is 0.855. The molecular formula is C20H30N4O3. The van der Waals surface area contributed by atoms with Crippen LogP contribution in [0, 0.1) is 0 Å². The lowest BCUT2D eigenvalue weighted by Gasteiger charge is -2.36. The van der Waals surface area contributed by atoms with Crippen molar-refractivity contribution in [2.24, 2.45) is 0 Å². The molecule has 148 valence electrons. The molecule has 0 spiro atoms. The van der Waals surface area contributed by atoms with Crippen LogP contribution in [0.15, 0.2) is 24.3 Å². The topological polar surface area (TPSA) is 65.1 Å². The van der Waals surface area contributed by atoms with Crippen molar-refractivity contribution in [3.8, 4) is 5.75 Å². The molecule has 0 aromatic heterocycles. The van der Waals surface area contributed by atoms with Gasteiger partial charge in [0.15, 0.2) is 0 Å². The number of ether oxygens (including phenoxy) is 1. The number of hydrogen-bond acceptors (Lipinski definition) is 4. The normalized spacial score (nSPS) is 17.6. The van der Waals surface area contributed by atoms with Gasteiger partial charge in [-0.05, 0) is 43.5 Å². The number of carbonyl (C=O) groups is 2. The minimum Gasteiger partial charge on any atom is -0.497 e. The summed E-state index contributed by atoms with van der Waals surface area (Å²) in [5.41, 5.74) is 1.14. The number of likely N-dealkylation sites (tertiary alicyclic amines) is 1. The second kappa shape index (κ2) is 9.48. The van der Waals surface area contributed by atoms with Crippen molar-refractivity contribution in [2.75, 3.05) is 57.8 Å². The molecule has 7 nitrogen and oxygen atoms in total. The minimum atomic E-state index is -0.0733. The SMILES string of the molecule is COc1ccc(N2CCN(C(=O)NCCC(=O)N3CCCCC3)CC2)cc1. The van der Waals surface area contributed by atoms with Crippen molar-refractivity contribution in [3.05, 3.63) is 24.3 Å². The number of anilines is 1. The molecule has 2 fully saturated rings. The second-order valence-electron chi connectivity index (χ2n) is 7.10. The van der Waals surface area contributed by atoms with Crippen LogP contribution in [0.25, 0.3) is 0 Å². The van der Waals surface area contributed by atoms with Gasteiger partial charge in [-0.15, -0.1) is 0 Å². The van der Waals surface area contributed by atoms with Crippen molar-refractivity contribution >= 4 is 17.6 Å². The maximum Gasteiger partial charge on any atom is 0.317 e. The van der Waals surface area contributed by atoms with Crippen LogP contribution in [0.4, 0.5) is 10.5 Å². The van der Waals surface area contributed by atoms with Gasteiger partial charge < -0.3 is 24.8 Å². The first kappa shape index (κ1) is 19.3. The van der Waals surface area contributed by atoms with Crippen molar-refractivity contribution in [1.82, 2.24) is 15.1 Å². The largest absolute Gasteiger partial charge is 0.497 e. The number of nitrogens with one attached hydrogen (secondary N) is 1. The van der Waals surface area contributed by atoms with E-state index in [-0.39, 0.29) is 11.9 Å². The molecule has 1 N–H and O–H groups in total. The molecule has 2 aliphatic heterocycles. The fourth-order valence-electron chi connectivity index (χ4n) is 3.65.